The van der Waals surface area contributed by atoms with Crippen molar-refractivity contribution in [2.24, 2.45) is 0 Å². The average molecular weight is 312 g/mol. The van der Waals surface area contributed by atoms with Gasteiger partial charge in [0.1, 0.15) is 6.10 Å². The second kappa shape index (κ2) is 8.03. The van der Waals surface area contributed by atoms with Crippen molar-refractivity contribution in [1.82, 2.24) is 0 Å². The summed E-state index contributed by atoms with van der Waals surface area (Å²) in [5.41, 5.74) is 1.70. The maximum Gasteiger partial charge on any atom is 0.331 e. The first kappa shape index (κ1) is 16.6. The number of hydrogen-bond donors (Lipinski definition) is 0. The Morgan fingerprint density at radius 2 is 1.74 bits per heavy atom. The van der Waals surface area contributed by atoms with Crippen LogP contribution in [0, 0.1) is 0 Å². The molecule has 1 atom stereocenters. The van der Waals surface area contributed by atoms with E-state index >= 15 is 0 Å². The van der Waals surface area contributed by atoms with Gasteiger partial charge in [0.25, 0.3) is 0 Å². The number of methoxy groups -OCH3 is 2. The van der Waals surface area contributed by atoms with Crippen LogP contribution in [-0.4, -0.2) is 20.2 Å². The summed E-state index contributed by atoms with van der Waals surface area (Å²) in [4.78, 5) is 12.0. The Bertz CT molecular complexity index is 677. The number of rotatable bonds is 6. The number of hydrogen-bond acceptors (Lipinski definition) is 4. The molecule has 2 aromatic carbocycles. The summed E-state index contributed by atoms with van der Waals surface area (Å²) < 4.78 is 15.9. The third-order valence-electron chi connectivity index (χ3n) is 3.39. The van der Waals surface area contributed by atoms with Crippen molar-refractivity contribution in [3.63, 3.8) is 0 Å². The molecule has 2 rings (SSSR count). The molecular weight excluding hydrogens is 292 g/mol. The smallest absolute Gasteiger partial charge is 0.331 e. The normalized spacial score (nSPS) is 12.0. The Kier molecular flexibility index (Phi) is 5.80. The van der Waals surface area contributed by atoms with Crippen LogP contribution in [0.25, 0.3) is 6.08 Å². The van der Waals surface area contributed by atoms with Crippen LogP contribution in [0.4, 0.5) is 0 Å². The Labute approximate surface area is 136 Å². The lowest BCUT2D eigenvalue weighted by Gasteiger charge is -2.12. The highest BCUT2D eigenvalue weighted by Crippen LogP contribution is 2.31. The molecule has 120 valence electrons. The fourth-order valence-corrected chi connectivity index (χ4v) is 2.21. The topological polar surface area (TPSA) is 44.8 Å². The fourth-order valence-electron chi connectivity index (χ4n) is 2.21. The van der Waals surface area contributed by atoms with E-state index in [2.05, 4.69) is 0 Å². The zero-order valence-electron chi connectivity index (χ0n) is 13.5. The van der Waals surface area contributed by atoms with Crippen molar-refractivity contribution in [3.05, 3.63) is 65.7 Å². The number of carbonyl (C=O) groups is 1. The van der Waals surface area contributed by atoms with E-state index in [9.17, 15) is 4.79 Å². The summed E-state index contributed by atoms with van der Waals surface area (Å²) in [6.45, 7) is 1.84. The monoisotopic (exact) mass is 312 g/mol. The molecule has 4 heteroatoms. The van der Waals surface area contributed by atoms with Crippen molar-refractivity contribution in [3.8, 4) is 11.5 Å². The van der Waals surface area contributed by atoms with E-state index in [1.165, 1.54) is 6.08 Å². The molecule has 0 aliphatic heterocycles. The SMILES string of the molecule is COc1cccc(/C=C/C(=O)O[C@@H](C)c2ccccc2)c1OC. The molecule has 0 fully saturated rings. The van der Waals surface area contributed by atoms with Gasteiger partial charge in [-0.15, -0.1) is 0 Å². The zero-order chi connectivity index (χ0) is 16.7. The number of ether oxygens (including phenoxy) is 3. The summed E-state index contributed by atoms with van der Waals surface area (Å²) in [5.74, 6) is 0.780. The van der Waals surface area contributed by atoms with E-state index in [0.717, 1.165) is 11.1 Å². The van der Waals surface area contributed by atoms with Crippen LogP contribution in [0.1, 0.15) is 24.2 Å². The van der Waals surface area contributed by atoms with Gasteiger partial charge in [0.2, 0.25) is 0 Å². The third kappa shape index (κ3) is 4.36. The van der Waals surface area contributed by atoms with Crippen molar-refractivity contribution in [1.29, 1.82) is 0 Å². The minimum absolute atomic E-state index is 0.305. The molecule has 0 aliphatic rings. The molecule has 23 heavy (non-hydrogen) atoms. The van der Waals surface area contributed by atoms with Gasteiger partial charge in [-0.25, -0.2) is 4.79 Å². The fraction of sp³-hybridized carbons (Fsp3) is 0.211. The second-order valence-electron chi connectivity index (χ2n) is 4.91. The molecule has 0 heterocycles. The van der Waals surface area contributed by atoms with Crippen LogP contribution in [0.2, 0.25) is 0 Å². The summed E-state index contributed by atoms with van der Waals surface area (Å²) in [6.07, 6.45) is 2.73. The van der Waals surface area contributed by atoms with Gasteiger partial charge >= 0.3 is 5.97 Å². The van der Waals surface area contributed by atoms with Gasteiger partial charge in [-0.3, -0.25) is 0 Å². The van der Waals surface area contributed by atoms with E-state index in [1.54, 1.807) is 26.4 Å². The maximum absolute atomic E-state index is 12.0. The first-order valence-electron chi connectivity index (χ1n) is 7.30. The van der Waals surface area contributed by atoms with Gasteiger partial charge in [-0.05, 0) is 24.6 Å². The predicted molar refractivity (Wildman–Crippen MR) is 89.5 cm³/mol. The van der Waals surface area contributed by atoms with E-state index in [-0.39, 0.29) is 6.10 Å². The number of esters is 1. The average Bonchev–Trinajstić information content (AvgIpc) is 2.60. The molecule has 0 bridgehead atoms. The van der Waals surface area contributed by atoms with Gasteiger partial charge in [-0.1, -0.05) is 42.5 Å². The molecule has 0 radical (unpaired) electrons. The molecule has 0 saturated carbocycles. The minimum Gasteiger partial charge on any atom is -0.493 e. The molecule has 0 spiro atoms. The van der Waals surface area contributed by atoms with E-state index < -0.39 is 5.97 Å². The van der Waals surface area contributed by atoms with Gasteiger partial charge < -0.3 is 14.2 Å². The molecule has 2 aromatic rings. The van der Waals surface area contributed by atoms with Crippen LogP contribution >= 0.6 is 0 Å². The van der Waals surface area contributed by atoms with Crippen molar-refractivity contribution >= 4 is 12.0 Å². The molecule has 0 saturated heterocycles. The third-order valence-corrected chi connectivity index (χ3v) is 3.39. The van der Waals surface area contributed by atoms with Crippen LogP contribution < -0.4 is 9.47 Å². The van der Waals surface area contributed by atoms with E-state index in [1.807, 2.05) is 49.4 Å². The van der Waals surface area contributed by atoms with Crippen LogP contribution in [0.5, 0.6) is 11.5 Å². The molecule has 0 aromatic heterocycles. The van der Waals surface area contributed by atoms with E-state index in [0.29, 0.717) is 11.5 Å². The summed E-state index contributed by atoms with van der Waals surface area (Å²) in [7, 11) is 3.13. The Hall–Kier alpha value is -2.75. The maximum atomic E-state index is 12.0. The van der Waals surface area contributed by atoms with E-state index in [4.69, 9.17) is 14.2 Å². The lowest BCUT2D eigenvalue weighted by molar-refractivity contribution is -0.142. The molecule has 0 N–H and O–H groups in total. The Morgan fingerprint density at radius 1 is 1.00 bits per heavy atom. The van der Waals surface area contributed by atoms with Gasteiger partial charge in [0, 0.05) is 11.6 Å². The first-order chi connectivity index (χ1) is 11.2. The molecule has 0 amide bonds. The summed E-state index contributed by atoms with van der Waals surface area (Å²) in [6, 6.07) is 15.1. The first-order valence-corrected chi connectivity index (χ1v) is 7.30. The second-order valence-corrected chi connectivity index (χ2v) is 4.91. The van der Waals surface area contributed by atoms with Crippen molar-refractivity contribution < 1.29 is 19.0 Å². The van der Waals surface area contributed by atoms with Gasteiger partial charge in [0.05, 0.1) is 14.2 Å². The molecule has 4 nitrogen and oxygen atoms in total. The molecule has 0 aliphatic carbocycles. The number of carbonyl (C=O) groups excluding carboxylic acids is 1. The molecule has 0 unspecified atom stereocenters. The highest BCUT2D eigenvalue weighted by atomic mass is 16.5. The minimum atomic E-state index is -0.411. The van der Waals surface area contributed by atoms with Crippen molar-refractivity contribution in [2.45, 2.75) is 13.0 Å². The zero-order valence-corrected chi connectivity index (χ0v) is 13.5. The Morgan fingerprint density at radius 3 is 2.39 bits per heavy atom. The lowest BCUT2D eigenvalue weighted by Crippen LogP contribution is -2.05. The largest absolute Gasteiger partial charge is 0.493 e. The molecular formula is C19H20O4. The predicted octanol–water partition coefficient (Wildman–Crippen LogP) is 4.02. The lowest BCUT2D eigenvalue weighted by atomic mass is 10.1. The number of para-hydroxylation sites is 1. The van der Waals surface area contributed by atoms with Crippen LogP contribution in [-0.2, 0) is 9.53 Å². The van der Waals surface area contributed by atoms with Gasteiger partial charge in [0.15, 0.2) is 11.5 Å². The van der Waals surface area contributed by atoms with Crippen LogP contribution in [0.3, 0.4) is 0 Å². The van der Waals surface area contributed by atoms with Crippen molar-refractivity contribution in [2.75, 3.05) is 14.2 Å². The summed E-state index contributed by atoms with van der Waals surface area (Å²) >= 11 is 0. The van der Waals surface area contributed by atoms with Crippen LogP contribution in [0.15, 0.2) is 54.6 Å². The Balaban J connectivity index is 2.07. The standard InChI is InChI=1S/C19H20O4/c1-14(15-8-5-4-6-9-15)23-18(20)13-12-16-10-7-11-17(21-2)19(16)22-3/h4-14H,1-3H3/b13-12+/t14-/m0/s1. The van der Waals surface area contributed by atoms with Gasteiger partial charge in [-0.2, -0.15) is 0 Å². The quantitative estimate of drug-likeness (QED) is 0.597. The number of benzene rings is 2. The summed E-state index contributed by atoms with van der Waals surface area (Å²) in [5, 5.41) is 0. The highest BCUT2D eigenvalue weighted by Gasteiger charge is 2.10. The highest BCUT2D eigenvalue weighted by molar-refractivity contribution is 5.88.